The molecule has 0 unspecified atom stereocenters. The van der Waals surface area contributed by atoms with Crippen LogP contribution in [0.15, 0.2) is 24.3 Å². The summed E-state index contributed by atoms with van der Waals surface area (Å²) >= 11 is 0. The van der Waals surface area contributed by atoms with Crippen molar-refractivity contribution in [1.29, 1.82) is 0 Å². The third-order valence-electron chi connectivity index (χ3n) is 13.1. The monoisotopic (exact) mass is 606 g/mol. The molecular weight excluding hydrogens is 544 g/mol. The van der Waals surface area contributed by atoms with E-state index in [2.05, 4.69) is 75.4 Å². The molecule has 2 aliphatic heterocycles. The van der Waals surface area contributed by atoms with Crippen LogP contribution in [-0.4, -0.2) is 68.1 Å². The molecule has 0 aromatic heterocycles. The normalized spacial score (nSPS) is 26.2. The first-order valence-corrected chi connectivity index (χ1v) is 18.0. The number of benzene rings is 1. The lowest BCUT2D eigenvalue weighted by atomic mass is 9.68. The van der Waals surface area contributed by atoms with E-state index in [1.54, 1.807) is 0 Å². The Morgan fingerprint density at radius 2 is 0.864 bits per heavy atom. The van der Waals surface area contributed by atoms with E-state index in [1.165, 1.54) is 51.4 Å². The van der Waals surface area contributed by atoms with Crippen molar-refractivity contribution in [2.24, 2.45) is 10.8 Å². The summed E-state index contributed by atoms with van der Waals surface area (Å²) in [7, 11) is 0. The van der Waals surface area contributed by atoms with E-state index in [9.17, 15) is 9.59 Å². The van der Waals surface area contributed by atoms with Crippen LogP contribution in [0, 0.1) is 10.8 Å². The number of amides is 2. The quantitative estimate of drug-likeness (QED) is 0.325. The van der Waals surface area contributed by atoms with E-state index in [4.69, 9.17) is 0 Å². The third kappa shape index (κ3) is 6.11. The fraction of sp³-hybridized carbons (Fsp3) is 0.789. The van der Waals surface area contributed by atoms with Crippen LogP contribution in [0.2, 0.25) is 0 Å². The number of hydrazine groups is 2. The van der Waals surface area contributed by atoms with Crippen molar-refractivity contribution in [3.8, 4) is 0 Å². The second kappa shape index (κ2) is 12.7. The molecule has 1 aromatic rings. The summed E-state index contributed by atoms with van der Waals surface area (Å²) in [6.45, 7) is 20.5. The lowest BCUT2D eigenvalue weighted by Crippen LogP contribution is -2.67. The first-order valence-electron chi connectivity index (χ1n) is 18.0. The fourth-order valence-electron chi connectivity index (χ4n) is 8.58. The van der Waals surface area contributed by atoms with Gasteiger partial charge in [-0.2, -0.15) is 0 Å². The lowest BCUT2D eigenvalue weighted by molar-refractivity contribution is -0.161. The summed E-state index contributed by atoms with van der Waals surface area (Å²) in [5, 5.41) is 9.14. The second-order valence-electron chi connectivity index (χ2n) is 16.8. The lowest BCUT2D eigenvalue weighted by Gasteiger charge is -2.58. The minimum Gasteiger partial charge on any atom is -0.268 e. The van der Waals surface area contributed by atoms with Crippen molar-refractivity contribution in [2.45, 2.75) is 168 Å². The van der Waals surface area contributed by atoms with Gasteiger partial charge in [0.2, 0.25) is 0 Å². The topological polar surface area (TPSA) is 47.1 Å². The molecule has 6 heteroatoms. The van der Waals surface area contributed by atoms with E-state index in [-0.39, 0.29) is 45.8 Å². The zero-order chi connectivity index (χ0) is 31.9. The molecule has 0 N–H and O–H groups in total. The Labute approximate surface area is 268 Å². The van der Waals surface area contributed by atoms with E-state index in [1.807, 2.05) is 24.3 Å². The highest BCUT2D eigenvalue weighted by atomic mass is 16.2. The van der Waals surface area contributed by atoms with Gasteiger partial charge < -0.3 is 0 Å². The van der Waals surface area contributed by atoms with Gasteiger partial charge in [0.25, 0.3) is 11.8 Å². The fourth-order valence-corrected chi connectivity index (χ4v) is 8.58. The summed E-state index contributed by atoms with van der Waals surface area (Å²) in [5.41, 5.74) is 1.32. The molecule has 0 bridgehead atoms. The Morgan fingerprint density at radius 3 is 1.18 bits per heavy atom. The molecule has 2 heterocycles. The van der Waals surface area contributed by atoms with Gasteiger partial charge >= 0.3 is 0 Å². The largest absolute Gasteiger partial charge is 0.268 e. The molecular formula is C38H62N4O2. The molecule has 5 rings (SSSR count). The second-order valence-corrected chi connectivity index (χ2v) is 16.8. The Bertz CT molecular complexity index is 1070. The number of rotatable bonds is 6. The average molecular weight is 607 g/mol. The summed E-state index contributed by atoms with van der Waals surface area (Å²) in [5.74, 6) is 0.175. The zero-order valence-corrected chi connectivity index (χ0v) is 29.4. The third-order valence-corrected chi connectivity index (χ3v) is 13.1. The number of piperidine rings is 2. The molecule has 2 saturated carbocycles. The summed E-state index contributed by atoms with van der Waals surface area (Å²) < 4.78 is 0. The summed E-state index contributed by atoms with van der Waals surface area (Å²) in [4.78, 5) is 29.0. The van der Waals surface area contributed by atoms with Crippen LogP contribution >= 0.6 is 0 Å². The minimum absolute atomic E-state index is 0.0877. The molecule has 4 fully saturated rings. The SMILES string of the molecule is CC1(C)CCCN(N(C(=O)c2ccc(C(=O)N(C3CCCCC3)N3CCCC(C)(C)C3(C)C)cc2)C2CCCCC2)C1(C)C. The highest BCUT2D eigenvalue weighted by molar-refractivity contribution is 5.98. The summed E-state index contributed by atoms with van der Waals surface area (Å²) in [6, 6.07) is 8.18. The Balaban J connectivity index is 1.44. The molecule has 2 saturated heterocycles. The maximum absolute atomic E-state index is 14.5. The van der Waals surface area contributed by atoms with Crippen LogP contribution in [-0.2, 0) is 0 Å². The maximum Gasteiger partial charge on any atom is 0.268 e. The molecule has 246 valence electrons. The zero-order valence-electron chi connectivity index (χ0n) is 29.4. The van der Waals surface area contributed by atoms with Gasteiger partial charge in [0.05, 0.1) is 0 Å². The van der Waals surface area contributed by atoms with Gasteiger partial charge in [0.15, 0.2) is 0 Å². The molecule has 2 aliphatic carbocycles. The first kappa shape index (κ1) is 33.4. The van der Waals surface area contributed by atoms with Crippen LogP contribution in [0.3, 0.4) is 0 Å². The standard InChI is InChI=1S/C38H62N4O2/c1-35(2)25-15-27-39(37(35,5)6)41(31-17-11-9-12-18-31)33(43)29-21-23-30(24-22-29)34(44)42(32-19-13-10-14-20-32)40-28-16-26-36(3,4)38(40,7)8/h21-24,31-32H,9-20,25-28H2,1-8H3. The van der Waals surface area contributed by atoms with Crippen molar-refractivity contribution in [3.63, 3.8) is 0 Å². The van der Waals surface area contributed by atoms with Crippen molar-refractivity contribution >= 4 is 11.8 Å². The van der Waals surface area contributed by atoms with Gasteiger partial charge in [-0.3, -0.25) is 19.6 Å². The van der Waals surface area contributed by atoms with Gasteiger partial charge in [0.1, 0.15) is 0 Å². The van der Waals surface area contributed by atoms with E-state index >= 15 is 0 Å². The van der Waals surface area contributed by atoms with Crippen LogP contribution in [0.1, 0.15) is 166 Å². The number of hydrogen-bond donors (Lipinski definition) is 0. The number of carbonyl (C=O) groups is 2. The minimum atomic E-state index is -0.135. The molecule has 0 radical (unpaired) electrons. The van der Waals surface area contributed by atoms with Gasteiger partial charge in [0, 0.05) is 47.4 Å². The van der Waals surface area contributed by atoms with Crippen molar-refractivity contribution < 1.29 is 9.59 Å². The Morgan fingerprint density at radius 1 is 0.545 bits per heavy atom. The molecule has 4 aliphatic rings. The van der Waals surface area contributed by atoms with Crippen LogP contribution in [0.5, 0.6) is 0 Å². The van der Waals surface area contributed by atoms with E-state index in [0.717, 1.165) is 51.6 Å². The van der Waals surface area contributed by atoms with Crippen molar-refractivity contribution in [2.75, 3.05) is 13.1 Å². The maximum atomic E-state index is 14.5. The number of carbonyl (C=O) groups excluding carboxylic acids is 2. The molecule has 2 amide bonds. The molecule has 0 spiro atoms. The Kier molecular flexibility index (Phi) is 9.65. The highest BCUT2D eigenvalue weighted by Crippen LogP contribution is 2.47. The Hall–Kier alpha value is -1.92. The molecule has 6 nitrogen and oxygen atoms in total. The van der Waals surface area contributed by atoms with E-state index < -0.39 is 0 Å². The smallest absolute Gasteiger partial charge is 0.268 e. The van der Waals surface area contributed by atoms with E-state index in [0.29, 0.717) is 11.1 Å². The summed E-state index contributed by atoms with van der Waals surface area (Å²) in [6.07, 6.45) is 16.0. The van der Waals surface area contributed by atoms with Crippen LogP contribution in [0.25, 0.3) is 0 Å². The molecule has 44 heavy (non-hydrogen) atoms. The predicted octanol–water partition coefficient (Wildman–Crippen LogP) is 8.87. The molecule has 0 atom stereocenters. The van der Waals surface area contributed by atoms with Gasteiger partial charge in [-0.15, -0.1) is 0 Å². The average Bonchev–Trinajstić information content (AvgIpc) is 2.99. The first-order chi connectivity index (χ1) is 20.7. The number of hydrogen-bond acceptors (Lipinski definition) is 4. The van der Waals surface area contributed by atoms with Crippen molar-refractivity contribution in [1.82, 2.24) is 20.0 Å². The highest BCUT2D eigenvalue weighted by Gasteiger charge is 2.50. The van der Waals surface area contributed by atoms with Gasteiger partial charge in [-0.1, -0.05) is 66.2 Å². The molecule has 1 aromatic carbocycles. The van der Waals surface area contributed by atoms with Crippen molar-refractivity contribution in [3.05, 3.63) is 35.4 Å². The van der Waals surface area contributed by atoms with Gasteiger partial charge in [-0.25, -0.2) is 10.0 Å². The van der Waals surface area contributed by atoms with Crippen LogP contribution < -0.4 is 0 Å². The van der Waals surface area contributed by atoms with Crippen LogP contribution in [0.4, 0.5) is 0 Å². The predicted molar refractivity (Wildman–Crippen MR) is 180 cm³/mol. The van der Waals surface area contributed by atoms with Gasteiger partial charge in [-0.05, 0) is 114 Å². The number of nitrogens with zero attached hydrogens (tertiary/aromatic N) is 4.